The van der Waals surface area contributed by atoms with E-state index in [-0.39, 0.29) is 11.5 Å². The third-order valence-corrected chi connectivity index (χ3v) is 3.74. The van der Waals surface area contributed by atoms with Crippen LogP contribution in [-0.2, 0) is 4.74 Å². The number of furan rings is 1. The number of nitrogens with one attached hydrogen (secondary N) is 1. The predicted molar refractivity (Wildman–Crippen MR) is 82.9 cm³/mol. The Labute approximate surface area is 121 Å². The summed E-state index contributed by atoms with van der Waals surface area (Å²) >= 11 is 0. The molecule has 0 saturated heterocycles. The molecule has 0 saturated carbocycles. The quantitative estimate of drug-likeness (QED) is 0.824. The normalized spacial score (nSPS) is 13.8. The Bertz CT molecular complexity index is 512. The molecule has 3 heteroatoms. The van der Waals surface area contributed by atoms with Gasteiger partial charge in [0.15, 0.2) is 0 Å². The van der Waals surface area contributed by atoms with Crippen molar-refractivity contribution < 1.29 is 9.15 Å². The van der Waals surface area contributed by atoms with Gasteiger partial charge in [0.2, 0.25) is 0 Å². The molecule has 0 aliphatic carbocycles. The van der Waals surface area contributed by atoms with Gasteiger partial charge in [0.05, 0.1) is 6.04 Å². The van der Waals surface area contributed by atoms with Crippen molar-refractivity contribution in [2.45, 2.75) is 33.2 Å². The standard InChI is InChI=1S/C17H25NO2/c1-13(18-12-17(2,3)9-10-19-4)16-11-14-7-5-6-8-15(14)20-16/h5-8,11,13,18H,9-10,12H2,1-4H3. The lowest BCUT2D eigenvalue weighted by Gasteiger charge is -2.26. The van der Waals surface area contributed by atoms with E-state index >= 15 is 0 Å². The summed E-state index contributed by atoms with van der Waals surface area (Å²) in [4.78, 5) is 0. The lowest BCUT2D eigenvalue weighted by atomic mass is 9.89. The van der Waals surface area contributed by atoms with Crippen LogP contribution in [0.3, 0.4) is 0 Å². The molecule has 3 nitrogen and oxygen atoms in total. The first kappa shape index (κ1) is 15.1. The maximum absolute atomic E-state index is 5.89. The summed E-state index contributed by atoms with van der Waals surface area (Å²) in [5, 5.41) is 4.72. The highest BCUT2D eigenvalue weighted by molar-refractivity contribution is 5.77. The minimum atomic E-state index is 0.212. The van der Waals surface area contributed by atoms with E-state index in [1.807, 2.05) is 18.2 Å². The van der Waals surface area contributed by atoms with Gasteiger partial charge in [0.1, 0.15) is 11.3 Å². The molecule has 2 rings (SSSR count). The highest BCUT2D eigenvalue weighted by Gasteiger charge is 2.19. The molecule has 2 aromatic rings. The topological polar surface area (TPSA) is 34.4 Å². The first-order valence-corrected chi connectivity index (χ1v) is 7.23. The summed E-state index contributed by atoms with van der Waals surface area (Å²) < 4.78 is 11.1. The van der Waals surface area contributed by atoms with Gasteiger partial charge in [-0.05, 0) is 30.9 Å². The summed E-state index contributed by atoms with van der Waals surface area (Å²) in [5.41, 5.74) is 1.17. The summed E-state index contributed by atoms with van der Waals surface area (Å²) in [6.07, 6.45) is 1.04. The van der Waals surface area contributed by atoms with Gasteiger partial charge in [-0.25, -0.2) is 0 Å². The van der Waals surface area contributed by atoms with Crippen molar-refractivity contribution in [3.8, 4) is 0 Å². The van der Waals surface area contributed by atoms with Crippen LogP contribution in [-0.4, -0.2) is 20.3 Å². The molecule has 0 fully saturated rings. The van der Waals surface area contributed by atoms with Crippen LogP contribution in [0.25, 0.3) is 11.0 Å². The van der Waals surface area contributed by atoms with E-state index < -0.39 is 0 Å². The molecule has 1 heterocycles. The van der Waals surface area contributed by atoms with E-state index in [9.17, 15) is 0 Å². The fraction of sp³-hybridized carbons (Fsp3) is 0.529. The maximum atomic E-state index is 5.89. The molecule has 20 heavy (non-hydrogen) atoms. The zero-order valence-corrected chi connectivity index (χ0v) is 12.9. The van der Waals surface area contributed by atoms with E-state index in [0.29, 0.717) is 0 Å². The second-order valence-electron chi connectivity index (χ2n) is 6.20. The van der Waals surface area contributed by atoms with Crippen LogP contribution in [0.15, 0.2) is 34.7 Å². The Kier molecular flexibility index (Phi) is 4.84. The summed E-state index contributed by atoms with van der Waals surface area (Å²) in [6.45, 7) is 8.39. The van der Waals surface area contributed by atoms with Crippen LogP contribution in [0.5, 0.6) is 0 Å². The highest BCUT2D eigenvalue weighted by atomic mass is 16.5. The molecule has 110 valence electrons. The number of hydrogen-bond donors (Lipinski definition) is 1. The zero-order valence-electron chi connectivity index (χ0n) is 12.9. The van der Waals surface area contributed by atoms with Crippen molar-refractivity contribution in [1.82, 2.24) is 5.32 Å². The van der Waals surface area contributed by atoms with Crippen molar-refractivity contribution in [2.75, 3.05) is 20.3 Å². The fourth-order valence-electron chi connectivity index (χ4n) is 2.21. The molecule has 1 aromatic carbocycles. The molecular formula is C17H25NO2. The average molecular weight is 275 g/mol. The molecule has 0 spiro atoms. The molecule has 1 aromatic heterocycles. The van der Waals surface area contributed by atoms with E-state index in [0.717, 1.165) is 36.3 Å². The monoisotopic (exact) mass is 275 g/mol. The second-order valence-corrected chi connectivity index (χ2v) is 6.20. The fourth-order valence-corrected chi connectivity index (χ4v) is 2.21. The van der Waals surface area contributed by atoms with Crippen LogP contribution in [0, 0.1) is 5.41 Å². The average Bonchev–Trinajstić information content (AvgIpc) is 2.86. The van der Waals surface area contributed by atoms with Gasteiger partial charge in [-0.1, -0.05) is 32.0 Å². The van der Waals surface area contributed by atoms with Crippen LogP contribution in [0.2, 0.25) is 0 Å². The first-order chi connectivity index (χ1) is 9.52. The van der Waals surface area contributed by atoms with Crippen molar-refractivity contribution >= 4 is 11.0 Å². The summed E-state index contributed by atoms with van der Waals surface area (Å²) in [7, 11) is 1.75. The van der Waals surface area contributed by atoms with Gasteiger partial charge < -0.3 is 14.5 Å². The minimum Gasteiger partial charge on any atom is -0.459 e. The number of fused-ring (bicyclic) bond motifs is 1. The van der Waals surface area contributed by atoms with Crippen molar-refractivity contribution in [3.05, 3.63) is 36.1 Å². The summed E-state index contributed by atoms with van der Waals surface area (Å²) in [6, 6.07) is 10.5. The van der Waals surface area contributed by atoms with E-state index in [1.54, 1.807) is 7.11 Å². The Hall–Kier alpha value is -1.32. The molecule has 1 unspecified atom stereocenters. The van der Waals surface area contributed by atoms with Crippen LogP contribution in [0.1, 0.15) is 39.0 Å². The Morgan fingerprint density at radius 1 is 1.30 bits per heavy atom. The lowest BCUT2D eigenvalue weighted by Crippen LogP contribution is -2.32. The molecule has 1 N–H and O–H groups in total. The first-order valence-electron chi connectivity index (χ1n) is 7.23. The maximum Gasteiger partial charge on any atom is 0.134 e. The molecule has 0 amide bonds. The Morgan fingerprint density at radius 2 is 2.05 bits per heavy atom. The van der Waals surface area contributed by atoms with Crippen LogP contribution >= 0.6 is 0 Å². The van der Waals surface area contributed by atoms with Crippen molar-refractivity contribution in [1.29, 1.82) is 0 Å². The van der Waals surface area contributed by atoms with E-state index in [1.165, 1.54) is 0 Å². The number of ether oxygens (including phenoxy) is 1. The van der Waals surface area contributed by atoms with Gasteiger partial charge in [0.25, 0.3) is 0 Å². The number of benzene rings is 1. The third-order valence-electron chi connectivity index (χ3n) is 3.74. The smallest absolute Gasteiger partial charge is 0.134 e. The minimum absolute atomic E-state index is 0.212. The largest absolute Gasteiger partial charge is 0.459 e. The second kappa shape index (κ2) is 6.42. The predicted octanol–water partition coefficient (Wildman–Crippen LogP) is 4.15. The molecule has 0 radical (unpaired) electrons. The molecule has 0 bridgehead atoms. The molecule has 0 aliphatic heterocycles. The Balaban J connectivity index is 1.96. The zero-order chi connectivity index (χ0) is 14.6. The third kappa shape index (κ3) is 3.84. The van der Waals surface area contributed by atoms with Crippen LogP contribution < -0.4 is 5.32 Å². The lowest BCUT2D eigenvalue weighted by molar-refractivity contribution is 0.148. The van der Waals surface area contributed by atoms with Gasteiger partial charge in [-0.3, -0.25) is 0 Å². The number of rotatable bonds is 7. The number of methoxy groups -OCH3 is 1. The van der Waals surface area contributed by atoms with E-state index in [4.69, 9.17) is 9.15 Å². The SMILES string of the molecule is COCCC(C)(C)CNC(C)c1cc2ccccc2o1. The van der Waals surface area contributed by atoms with Crippen molar-refractivity contribution in [3.63, 3.8) is 0 Å². The number of hydrogen-bond acceptors (Lipinski definition) is 3. The van der Waals surface area contributed by atoms with E-state index in [2.05, 4.69) is 38.2 Å². The van der Waals surface area contributed by atoms with Gasteiger partial charge in [0, 0.05) is 25.6 Å². The number of para-hydroxylation sites is 1. The van der Waals surface area contributed by atoms with Gasteiger partial charge in [-0.15, -0.1) is 0 Å². The van der Waals surface area contributed by atoms with Gasteiger partial charge in [-0.2, -0.15) is 0 Å². The van der Waals surface area contributed by atoms with Crippen molar-refractivity contribution in [2.24, 2.45) is 5.41 Å². The molecular weight excluding hydrogens is 250 g/mol. The van der Waals surface area contributed by atoms with Gasteiger partial charge >= 0.3 is 0 Å². The van der Waals surface area contributed by atoms with Crippen LogP contribution in [0.4, 0.5) is 0 Å². The highest BCUT2D eigenvalue weighted by Crippen LogP contribution is 2.25. The molecule has 1 atom stereocenters. The summed E-state index contributed by atoms with van der Waals surface area (Å²) in [5.74, 6) is 0.994. The Morgan fingerprint density at radius 3 is 2.75 bits per heavy atom. The molecule has 0 aliphatic rings.